The molecule has 4 nitrogen and oxygen atoms in total. The molecule has 0 radical (unpaired) electrons. The van der Waals surface area contributed by atoms with E-state index < -0.39 is 0 Å². The van der Waals surface area contributed by atoms with E-state index in [1.807, 2.05) is 39.0 Å². The molecular formula is C18H22N2O2. The molecule has 0 aliphatic carbocycles. The van der Waals surface area contributed by atoms with Crippen molar-refractivity contribution in [2.45, 2.75) is 26.8 Å². The maximum absolute atomic E-state index is 12.2. The fourth-order valence-corrected chi connectivity index (χ4v) is 2.28. The van der Waals surface area contributed by atoms with Gasteiger partial charge in [-0.1, -0.05) is 30.3 Å². The molecule has 1 unspecified atom stereocenters. The van der Waals surface area contributed by atoms with Gasteiger partial charge in [0.05, 0.1) is 11.6 Å². The van der Waals surface area contributed by atoms with Crippen LogP contribution in [0.4, 0.5) is 5.69 Å². The first-order chi connectivity index (χ1) is 10.5. The number of aryl methyl sites for hydroxylation is 2. The minimum Gasteiger partial charge on any atom is -0.491 e. The highest BCUT2D eigenvalue weighted by atomic mass is 16.5. The summed E-state index contributed by atoms with van der Waals surface area (Å²) < 4.78 is 5.85. The predicted octanol–water partition coefficient (Wildman–Crippen LogP) is 3.08. The van der Waals surface area contributed by atoms with Crippen LogP contribution in [0, 0.1) is 13.8 Å². The van der Waals surface area contributed by atoms with Gasteiger partial charge in [-0.15, -0.1) is 0 Å². The van der Waals surface area contributed by atoms with E-state index in [0.717, 1.165) is 16.9 Å². The number of benzene rings is 2. The van der Waals surface area contributed by atoms with Crippen LogP contribution in [-0.4, -0.2) is 18.6 Å². The van der Waals surface area contributed by atoms with Gasteiger partial charge in [-0.3, -0.25) is 4.79 Å². The summed E-state index contributed by atoms with van der Waals surface area (Å²) in [6, 6.07) is 12.9. The smallest absolute Gasteiger partial charge is 0.253 e. The van der Waals surface area contributed by atoms with Crippen molar-refractivity contribution in [3.8, 4) is 5.75 Å². The van der Waals surface area contributed by atoms with Crippen molar-refractivity contribution >= 4 is 11.6 Å². The molecule has 0 aromatic heterocycles. The van der Waals surface area contributed by atoms with Gasteiger partial charge in [0.15, 0.2) is 0 Å². The first kappa shape index (κ1) is 15.9. The van der Waals surface area contributed by atoms with Crippen molar-refractivity contribution in [3.63, 3.8) is 0 Å². The molecule has 116 valence electrons. The molecule has 0 aliphatic heterocycles. The molecule has 0 aliphatic rings. The standard InChI is InChI=1S/C18H22N2O2/c1-12-7-6-8-13(2)17(12)22-11-14(3)20-18(21)15-9-4-5-10-16(15)19/h4-10,14H,11,19H2,1-3H3,(H,20,21). The summed E-state index contributed by atoms with van der Waals surface area (Å²) in [5.74, 6) is 0.693. The second-order valence-electron chi connectivity index (χ2n) is 5.49. The molecule has 0 bridgehead atoms. The predicted molar refractivity (Wildman–Crippen MR) is 89.2 cm³/mol. The van der Waals surface area contributed by atoms with Crippen LogP contribution >= 0.6 is 0 Å². The number of anilines is 1. The maximum atomic E-state index is 12.2. The third-order valence-corrected chi connectivity index (χ3v) is 3.47. The van der Waals surface area contributed by atoms with Crippen LogP contribution in [0.15, 0.2) is 42.5 Å². The van der Waals surface area contributed by atoms with E-state index in [-0.39, 0.29) is 11.9 Å². The molecule has 2 aromatic rings. The summed E-state index contributed by atoms with van der Waals surface area (Å²) in [5, 5.41) is 2.90. The molecule has 0 spiro atoms. The van der Waals surface area contributed by atoms with Crippen molar-refractivity contribution in [2.75, 3.05) is 12.3 Å². The summed E-state index contributed by atoms with van der Waals surface area (Å²) in [7, 11) is 0. The van der Waals surface area contributed by atoms with Gasteiger partial charge in [-0.2, -0.15) is 0 Å². The lowest BCUT2D eigenvalue weighted by atomic mass is 10.1. The monoisotopic (exact) mass is 298 g/mol. The van der Waals surface area contributed by atoms with Crippen LogP contribution in [0.3, 0.4) is 0 Å². The Bertz CT molecular complexity index is 648. The van der Waals surface area contributed by atoms with Crippen LogP contribution in [0.2, 0.25) is 0 Å². The summed E-state index contributed by atoms with van der Waals surface area (Å²) >= 11 is 0. The van der Waals surface area contributed by atoms with E-state index in [2.05, 4.69) is 5.32 Å². The molecule has 0 fully saturated rings. The molecule has 22 heavy (non-hydrogen) atoms. The number of nitrogens with two attached hydrogens (primary N) is 1. The third-order valence-electron chi connectivity index (χ3n) is 3.47. The van der Waals surface area contributed by atoms with E-state index in [9.17, 15) is 4.79 Å². The van der Waals surface area contributed by atoms with Gasteiger partial charge in [0.25, 0.3) is 5.91 Å². The lowest BCUT2D eigenvalue weighted by Gasteiger charge is -2.18. The zero-order chi connectivity index (χ0) is 16.1. The topological polar surface area (TPSA) is 64.3 Å². The van der Waals surface area contributed by atoms with Crippen molar-refractivity contribution in [3.05, 3.63) is 59.2 Å². The van der Waals surface area contributed by atoms with Crippen molar-refractivity contribution in [2.24, 2.45) is 0 Å². The first-order valence-corrected chi connectivity index (χ1v) is 7.33. The van der Waals surface area contributed by atoms with Crippen LogP contribution in [0.1, 0.15) is 28.4 Å². The first-order valence-electron chi connectivity index (χ1n) is 7.33. The zero-order valence-corrected chi connectivity index (χ0v) is 13.2. The number of para-hydroxylation sites is 2. The molecule has 2 aromatic carbocycles. The number of hydrogen-bond acceptors (Lipinski definition) is 3. The Morgan fingerprint density at radius 1 is 1.14 bits per heavy atom. The average Bonchev–Trinajstić information content (AvgIpc) is 2.47. The fourth-order valence-electron chi connectivity index (χ4n) is 2.28. The van der Waals surface area contributed by atoms with Gasteiger partial charge < -0.3 is 15.8 Å². The number of rotatable bonds is 5. The van der Waals surface area contributed by atoms with E-state index in [1.54, 1.807) is 24.3 Å². The van der Waals surface area contributed by atoms with Gasteiger partial charge in [0.1, 0.15) is 12.4 Å². The summed E-state index contributed by atoms with van der Waals surface area (Å²) in [5.41, 5.74) is 8.95. The molecule has 2 rings (SSSR count). The summed E-state index contributed by atoms with van der Waals surface area (Å²) in [4.78, 5) is 12.2. The van der Waals surface area contributed by atoms with Gasteiger partial charge in [0, 0.05) is 5.69 Å². The lowest BCUT2D eigenvalue weighted by Crippen LogP contribution is -2.37. The van der Waals surface area contributed by atoms with Crippen molar-refractivity contribution < 1.29 is 9.53 Å². The number of hydrogen-bond donors (Lipinski definition) is 2. The van der Waals surface area contributed by atoms with Crippen molar-refractivity contribution in [1.29, 1.82) is 0 Å². The minimum absolute atomic E-state index is 0.119. The lowest BCUT2D eigenvalue weighted by molar-refractivity contribution is 0.0927. The Morgan fingerprint density at radius 2 is 1.77 bits per heavy atom. The Labute approximate surface area is 131 Å². The number of ether oxygens (including phenoxy) is 1. The third kappa shape index (κ3) is 3.79. The van der Waals surface area contributed by atoms with E-state index >= 15 is 0 Å². The number of nitrogens with one attached hydrogen (secondary N) is 1. The number of carbonyl (C=O) groups excluding carboxylic acids is 1. The van der Waals surface area contributed by atoms with E-state index in [1.165, 1.54) is 0 Å². The summed E-state index contributed by atoms with van der Waals surface area (Å²) in [6.45, 7) is 6.33. The zero-order valence-electron chi connectivity index (χ0n) is 13.2. The highest BCUT2D eigenvalue weighted by Crippen LogP contribution is 2.22. The van der Waals surface area contributed by atoms with Crippen molar-refractivity contribution in [1.82, 2.24) is 5.32 Å². The van der Waals surface area contributed by atoms with E-state index in [4.69, 9.17) is 10.5 Å². The second kappa shape index (κ2) is 6.98. The number of amides is 1. The highest BCUT2D eigenvalue weighted by molar-refractivity contribution is 5.99. The Balaban J connectivity index is 1.95. The molecule has 1 atom stereocenters. The number of carbonyl (C=O) groups is 1. The SMILES string of the molecule is Cc1cccc(C)c1OCC(C)NC(=O)c1ccccc1N. The van der Waals surface area contributed by atoms with Crippen LogP contribution < -0.4 is 15.8 Å². The van der Waals surface area contributed by atoms with E-state index in [0.29, 0.717) is 17.9 Å². The van der Waals surface area contributed by atoms with Gasteiger partial charge >= 0.3 is 0 Å². The largest absolute Gasteiger partial charge is 0.491 e. The fraction of sp³-hybridized carbons (Fsp3) is 0.278. The molecular weight excluding hydrogens is 276 g/mol. The number of nitrogen functional groups attached to an aromatic ring is 1. The molecule has 1 amide bonds. The molecule has 3 N–H and O–H groups in total. The summed E-state index contributed by atoms with van der Waals surface area (Å²) in [6.07, 6.45) is 0. The highest BCUT2D eigenvalue weighted by Gasteiger charge is 2.13. The minimum atomic E-state index is -0.185. The quantitative estimate of drug-likeness (QED) is 0.834. The average molecular weight is 298 g/mol. The normalized spacial score (nSPS) is 11.8. The second-order valence-corrected chi connectivity index (χ2v) is 5.49. The van der Waals surface area contributed by atoms with Gasteiger partial charge in [-0.05, 0) is 44.0 Å². The molecule has 4 heteroatoms. The molecule has 0 heterocycles. The Morgan fingerprint density at radius 3 is 2.41 bits per heavy atom. The molecule has 0 saturated heterocycles. The molecule has 0 saturated carbocycles. The van der Waals surface area contributed by atoms with Crippen LogP contribution in [0.5, 0.6) is 5.75 Å². The van der Waals surface area contributed by atoms with Gasteiger partial charge in [-0.25, -0.2) is 0 Å². The Kier molecular flexibility index (Phi) is 5.04. The van der Waals surface area contributed by atoms with Gasteiger partial charge in [0.2, 0.25) is 0 Å². The van der Waals surface area contributed by atoms with Crippen LogP contribution in [-0.2, 0) is 0 Å². The Hall–Kier alpha value is -2.49. The maximum Gasteiger partial charge on any atom is 0.253 e. The van der Waals surface area contributed by atoms with Crippen LogP contribution in [0.25, 0.3) is 0 Å².